The van der Waals surface area contributed by atoms with Gasteiger partial charge in [0.25, 0.3) is 5.91 Å². The Balaban J connectivity index is 1.52. The van der Waals surface area contributed by atoms with Crippen molar-refractivity contribution in [3.8, 4) is 0 Å². The second-order valence-electron chi connectivity index (χ2n) is 6.29. The zero-order chi connectivity index (χ0) is 19.7. The van der Waals surface area contributed by atoms with Crippen LogP contribution in [-0.2, 0) is 13.0 Å². The first-order valence-electron chi connectivity index (χ1n) is 8.92. The number of nitrogens with zero attached hydrogens (tertiary/aromatic N) is 4. The van der Waals surface area contributed by atoms with Gasteiger partial charge in [-0.05, 0) is 37.3 Å². The third kappa shape index (κ3) is 3.07. The van der Waals surface area contributed by atoms with Crippen LogP contribution in [0.1, 0.15) is 23.1 Å². The van der Waals surface area contributed by atoms with Gasteiger partial charge in [-0.2, -0.15) is 0 Å². The lowest BCUT2D eigenvalue weighted by Gasteiger charge is -2.09. The van der Waals surface area contributed by atoms with Crippen LogP contribution in [0.15, 0.2) is 52.2 Å². The number of fused-ring (bicyclic) bond motifs is 2. The maximum Gasteiger partial charge on any atom is 0.316 e. The fourth-order valence-electron chi connectivity index (χ4n) is 3.19. The third-order valence-electron chi connectivity index (χ3n) is 4.57. The number of hydrogen-bond acceptors (Lipinski definition) is 5. The molecule has 0 spiro atoms. The number of rotatable bonds is 5. The standard InChI is InChI=1S/C19H18N6O3/c1-2-24-14-7-6-12(11-13(14)21-18(27)19(24)28)17(26)20-9-8-16-23-22-15-5-3-4-10-25(15)16/h3-7,10-11H,2,8-9H2,1H3,(H,20,26)(H,21,27). The van der Waals surface area contributed by atoms with Gasteiger partial charge in [-0.1, -0.05) is 6.07 Å². The molecule has 1 aromatic carbocycles. The summed E-state index contributed by atoms with van der Waals surface area (Å²) in [5.74, 6) is 0.483. The maximum absolute atomic E-state index is 12.5. The molecule has 2 N–H and O–H groups in total. The molecule has 3 aromatic heterocycles. The summed E-state index contributed by atoms with van der Waals surface area (Å²) >= 11 is 0. The zero-order valence-electron chi connectivity index (χ0n) is 15.2. The maximum atomic E-state index is 12.5. The van der Waals surface area contributed by atoms with Crippen LogP contribution in [0.4, 0.5) is 0 Å². The van der Waals surface area contributed by atoms with Crippen molar-refractivity contribution in [2.45, 2.75) is 19.9 Å². The quantitative estimate of drug-likeness (QED) is 0.497. The van der Waals surface area contributed by atoms with Crippen molar-refractivity contribution >= 4 is 22.6 Å². The van der Waals surface area contributed by atoms with Crippen LogP contribution >= 0.6 is 0 Å². The minimum absolute atomic E-state index is 0.272. The molecule has 4 aromatic rings. The Morgan fingerprint density at radius 2 is 2.04 bits per heavy atom. The molecule has 4 rings (SSSR count). The number of aromatic nitrogens is 5. The average molecular weight is 378 g/mol. The zero-order valence-corrected chi connectivity index (χ0v) is 15.2. The van der Waals surface area contributed by atoms with Gasteiger partial charge >= 0.3 is 11.1 Å². The highest BCUT2D eigenvalue weighted by Gasteiger charge is 2.11. The minimum atomic E-state index is -0.703. The lowest BCUT2D eigenvalue weighted by Crippen LogP contribution is -2.36. The molecule has 0 saturated carbocycles. The molecule has 1 amide bonds. The first-order valence-corrected chi connectivity index (χ1v) is 8.92. The number of pyridine rings is 1. The van der Waals surface area contributed by atoms with Crippen molar-refractivity contribution in [1.82, 2.24) is 29.5 Å². The summed E-state index contributed by atoms with van der Waals surface area (Å²) < 4.78 is 3.25. The summed E-state index contributed by atoms with van der Waals surface area (Å²) in [5, 5.41) is 11.1. The molecule has 0 unspecified atom stereocenters. The van der Waals surface area contributed by atoms with Gasteiger partial charge in [0.2, 0.25) is 0 Å². The summed E-state index contributed by atoms with van der Waals surface area (Å²) in [6, 6.07) is 10.5. The number of benzene rings is 1. The molecular formula is C19H18N6O3. The number of nitrogens with one attached hydrogen (secondary N) is 2. The van der Waals surface area contributed by atoms with Crippen LogP contribution in [0.25, 0.3) is 16.7 Å². The van der Waals surface area contributed by atoms with Gasteiger partial charge in [0.15, 0.2) is 5.65 Å². The lowest BCUT2D eigenvalue weighted by molar-refractivity contribution is 0.0954. The van der Waals surface area contributed by atoms with E-state index in [1.807, 2.05) is 28.8 Å². The Morgan fingerprint density at radius 1 is 1.18 bits per heavy atom. The predicted octanol–water partition coefficient (Wildman–Crippen LogP) is 0.725. The highest BCUT2D eigenvalue weighted by molar-refractivity contribution is 5.97. The molecule has 0 atom stereocenters. The van der Waals surface area contributed by atoms with E-state index in [4.69, 9.17) is 0 Å². The molecule has 0 saturated heterocycles. The highest BCUT2D eigenvalue weighted by atomic mass is 16.2. The van der Waals surface area contributed by atoms with Crippen molar-refractivity contribution < 1.29 is 4.79 Å². The number of aryl methyl sites for hydroxylation is 1. The van der Waals surface area contributed by atoms with Gasteiger partial charge in [0, 0.05) is 31.3 Å². The summed E-state index contributed by atoms with van der Waals surface area (Å²) in [5.41, 5.74) is 0.874. The van der Waals surface area contributed by atoms with Crippen molar-refractivity contribution in [3.05, 3.63) is 74.7 Å². The Morgan fingerprint density at radius 3 is 2.86 bits per heavy atom. The van der Waals surface area contributed by atoms with E-state index in [2.05, 4.69) is 20.5 Å². The van der Waals surface area contributed by atoms with Crippen LogP contribution in [-0.4, -0.2) is 36.6 Å². The Labute approximate surface area is 158 Å². The SMILES string of the molecule is CCn1c(=O)c(=O)[nH]c2cc(C(=O)NCCc3nnc4ccccn34)ccc21. The van der Waals surface area contributed by atoms with Gasteiger partial charge < -0.3 is 14.9 Å². The lowest BCUT2D eigenvalue weighted by atomic mass is 10.1. The van der Waals surface area contributed by atoms with Crippen molar-refractivity contribution in [1.29, 1.82) is 0 Å². The van der Waals surface area contributed by atoms with E-state index >= 15 is 0 Å². The highest BCUT2D eigenvalue weighted by Crippen LogP contribution is 2.12. The predicted molar refractivity (Wildman–Crippen MR) is 104 cm³/mol. The largest absolute Gasteiger partial charge is 0.352 e. The number of hydrogen-bond donors (Lipinski definition) is 2. The monoisotopic (exact) mass is 378 g/mol. The van der Waals surface area contributed by atoms with Crippen molar-refractivity contribution in [2.24, 2.45) is 0 Å². The van der Waals surface area contributed by atoms with Gasteiger partial charge in [-0.25, -0.2) is 0 Å². The molecule has 0 bridgehead atoms. The minimum Gasteiger partial charge on any atom is -0.352 e. The van der Waals surface area contributed by atoms with E-state index in [0.717, 1.165) is 11.5 Å². The topological polar surface area (TPSA) is 114 Å². The summed E-state index contributed by atoms with van der Waals surface area (Å²) in [4.78, 5) is 38.7. The average Bonchev–Trinajstić information content (AvgIpc) is 3.12. The molecule has 0 radical (unpaired) electrons. The molecule has 0 aliphatic rings. The number of aromatic amines is 1. The van der Waals surface area contributed by atoms with E-state index in [0.29, 0.717) is 36.1 Å². The van der Waals surface area contributed by atoms with Crippen LogP contribution in [0, 0.1) is 0 Å². The molecule has 9 nitrogen and oxygen atoms in total. The smallest absolute Gasteiger partial charge is 0.316 e. The van der Waals surface area contributed by atoms with Crippen molar-refractivity contribution in [2.75, 3.05) is 6.54 Å². The molecule has 0 aliphatic carbocycles. The Kier molecular flexibility index (Phi) is 4.48. The van der Waals surface area contributed by atoms with Crippen LogP contribution < -0.4 is 16.4 Å². The second-order valence-corrected chi connectivity index (χ2v) is 6.29. The number of H-pyrrole nitrogens is 1. The van der Waals surface area contributed by atoms with E-state index in [1.54, 1.807) is 25.1 Å². The van der Waals surface area contributed by atoms with E-state index in [1.165, 1.54) is 4.57 Å². The molecule has 28 heavy (non-hydrogen) atoms. The Hall–Kier alpha value is -3.75. The van der Waals surface area contributed by atoms with E-state index in [-0.39, 0.29) is 5.91 Å². The summed E-state index contributed by atoms with van der Waals surface area (Å²) in [6.07, 6.45) is 2.40. The number of carbonyl (C=O) groups excluding carboxylic acids is 1. The first kappa shape index (κ1) is 17.7. The fraction of sp³-hybridized carbons (Fsp3) is 0.211. The molecule has 3 heterocycles. The molecule has 0 fully saturated rings. The number of amides is 1. The van der Waals surface area contributed by atoms with E-state index in [9.17, 15) is 14.4 Å². The second kappa shape index (κ2) is 7.10. The molecule has 142 valence electrons. The van der Waals surface area contributed by atoms with Gasteiger partial charge in [0.1, 0.15) is 5.82 Å². The van der Waals surface area contributed by atoms with Gasteiger partial charge in [-0.3, -0.25) is 18.8 Å². The Bertz CT molecular complexity index is 1300. The van der Waals surface area contributed by atoms with Crippen LogP contribution in [0.5, 0.6) is 0 Å². The van der Waals surface area contributed by atoms with E-state index < -0.39 is 11.1 Å². The molecule has 0 aliphatic heterocycles. The first-order chi connectivity index (χ1) is 13.6. The fourth-order valence-corrected chi connectivity index (χ4v) is 3.19. The molecule has 9 heteroatoms. The van der Waals surface area contributed by atoms with Gasteiger partial charge in [-0.15, -0.1) is 10.2 Å². The number of carbonyl (C=O) groups is 1. The summed E-state index contributed by atoms with van der Waals surface area (Å²) in [7, 11) is 0. The normalized spacial score (nSPS) is 11.2. The van der Waals surface area contributed by atoms with Crippen LogP contribution in [0.2, 0.25) is 0 Å². The molecular weight excluding hydrogens is 360 g/mol. The van der Waals surface area contributed by atoms with Crippen molar-refractivity contribution in [3.63, 3.8) is 0 Å². The summed E-state index contributed by atoms with van der Waals surface area (Å²) in [6.45, 7) is 2.55. The van der Waals surface area contributed by atoms with Crippen LogP contribution in [0.3, 0.4) is 0 Å². The van der Waals surface area contributed by atoms with Gasteiger partial charge in [0.05, 0.1) is 11.0 Å². The third-order valence-corrected chi connectivity index (χ3v) is 4.57.